The number of hydrogen-bond donors (Lipinski definition) is 7. The van der Waals surface area contributed by atoms with Crippen molar-refractivity contribution in [2.75, 3.05) is 38.5 Å². The third-order valence-electron chi connectivity index (χ3n) is 17.0. The van der Waals surface area contributed by atoms with Crippen LogP contribution in [0.3, 0.4) is 0 Å². The molecular weight excluding hydrogens is 863 g/mol. The van der Waals surface area contributed by atoms with Crippen molar-refractivity contribution >= 4 is 47.5 Å². The topological polar surface area (TPSA) is 256 Å². The molecule has 17 heteroatoms. The molecule has 2 aliphatic heterocycles. The van der Waals surface area contributed by atoms with E-state index in [0.717, 1.165) is 76.4 Å². The fourth-order valence-corrected chi connectivity index (χ4v) is 15.1. The Hall–Kier alpha value is -3.15. The standard InChI is InChI=1S/C49H83N7O9S/c1-30(12-15-41(58)54-25-9-5-4-8-24-53-40(57)11-7-6-10-38-46-36(29-66-38)55-47(62)56-46)33-13-14-34-45-35(28-39(49(33,34)3)65-44(61)19-23-52)48(2)20-16-32(63-42(59)17-21-50)26-31(48)27-37(45)64-43(60)18-22-51/h30-39,45-46H,4-29,50-52H2,1-3H3,(H,53,57)(H,54,58)(H2,55,56,62)/t30-,31?,32-,33-,34+,35+,36-,37-,38?,39+,45?,46-,48?,49?/m1/s1. The van der Waals surface area contributed by atoms with Crippen LogP contribution < -0.4 is 38.5 Å². The SMILES string of the molecule is C[C@H](CCC(=O)NCCCCCCNC(=O)CCCCC1SC[C@H]2NC(=O)N[C@@H]12)[C@H]1CC[C@H]2C3[C@H](OC(=O)CCN)CC4C[C@H](OC(=O)CCN)CCC4(C)[C@H]3C[C@H](OC(=O)CCN)C12C. The van der Waals surface area contributed by atoms with E-state index in [2.05, 4.69) is 42.0 Å². The number of urea groups is 1. The van der Waals surface area contributed by atoms with Crippen LogP contribution in [0, 0.1) is 46.3 Å². The number of carbonyl (C=O) groups excluding carboxylic acids is 6. The Labute approximate surface area is 397 Å². The first-order chi connectivity index (χ1) is 31.7. The highest BCUT2D eigenvalue weighted by atomic mass is 32.2. The van der Waals surface area contributed by atoms with Crippen LogP contribution in [0.25, 0.3) is 0 Å². The van der Waals surface area contributed by atoms with E-state index in [4.69, 9.17) is 31.4 Å². The van der Waals surface area contributed by atoms with Gasteiger partial charge in [0.05, 0.1) is 31.3 Å². The van der Waals surface area contributed by atoms with E-state index in [0.29, 0.717) is 56.9 Å². The van der Waals surface area contributed by atoms with Crippen molar-refractivity contribution in [3.05, 3.63) is 0 Å². The second kappa shape index (κ2) is 24.4. The highest BCUT2D eigenvalue weighted by molar-refractivity contribution is 8.00. The molecule has 6 rings (SSSR count). The molecule has 6 aliphatic rings. The van der Waals surface area contributed by atoms with E-state index in [1.54, 1.807) is 0 Å². The maximum Gasteiger partial charge on any atom is 0.315 e. The first-order valence-electron chi connectivity index (χ1n) is 25.6. The molecule has 4 aliphatic carbocycles. The lowest BCUT2D eigenvalue weighted by Crippen LogP contribution is -2.63. The van der Waals surface area contributed by atoms with Crippen LogP contribution in [0.4, 0.5) is 4.79 Å². The van der Waals surface area contributed by atoms with Crippen LogP contribution in [0.1, 0.15) is 149 Å². The smallest absolute Gasteiger partial charge is 0.315 e. The Kier molecular flexibility index (Phi) is 19.3. The lowest BCUT2D eigenvalue weighted by molar-refractivity contribution is -0.225. The summed E-state index contributed by atoms with van der Waals surface area (Å²) in [6, 6.07) is 0.372. The number of esters is 3. The van der Waals surface area contributed by atoms with E-state index in [9.17, 15) is 28.8 Å². The van der Waals surface area contributed by atoms with E-state index in [1.165, 1.54) is 0 Å². The zero-order chi connectivity index (χ0) is 47.4. The van der Waals surface area contributed by atoms with E-state index >= 15 is 0 Å². The first kappa shape index (κ1) is 52.2. The third kappa shape index (κ3) is 12.7. The van der Waals surface area contributed by atoms with Gasteiger partial charge in [-0.15, -0.1) is 0 Å². The zero-order valence-corrected chi connectivity index (χ0v) is 40.9. The van der Waals surface area contributed by atoms with Gasteiger partial charge in [0.25, 0.3) is 0 Å². The van der Waals surface area contributed by atoms with Gasteiger partial charge in [0.1, 0.15) is 18.3 Å². The average Bonchev–Trinajstić information content (AvgIpc) is 3.95. The predicted molar refractivity (Wildman–Crippen MR) is 253 cm³/mol. The molecule has 14 atom stereocenters. The van der Waals surface area contributed by atoms with Crippen molar-refractivity contribution in [2.45, 2.75) is 185 Å². The van der Waals surface area contributed by atoms with Gasteiger partial charge in [0.2, 0.25) is 11.8 Å². The van der Waals surface area contributed by atoms with Gasteiger partial charge in [-0.2, -0.15) is 11.8 Å². The molecule has 66 heavy (non-hydrogen) atoms. The Morgan fingerprint density at radius 1 is 0.742 bits per heavy atom. The molecule has 0 spiro atoms. The molecule has 2 saturated heterocycles. The quantitative estimate of drug-likeness (QED) is 0.0287. The third-order valence-corrected chi connectivity index (χ3v) is 18.5. The van der Waals surface area contributed by atoms with Crippen LogP contribution in [0.2, 0.25) is 0 Å². The number of ether oxygens (including phenoxy) is 3. The first-order valence-corrected chi connectivity index (χ1v) is 26.7. The van der Waals surface area contributed by atoms with Crippen molar-refractivity contribution in [3.63, 3.8) is 0 Å². The lowest BCUT2D eigenvalue weighted by Gasteiger charge is -2.64. The summed E-state index contributed by atoms with van der Waals surface area (Å²) in [5.41, 5.74) is 16.8. The highest BCUT2D eigenvalue weighted by Gasteiger charge is 2.68. The minimum absolute atomic E-state index is 0.0434. The second-order valence-corrected chi connectivity index (χ2v) is 22.3. The molecule has 0 aromatic heterocycles. The molecule has 374 valence electrons. The second-order valence-electron chi connectivity index (χ2n) is 21.0. The van der Waals surface area contributed by atoms with Gasteiger partial charge < -0.3 is 52.7 Å². The summed E-state index contributed by atoms with van der Waals surface area (Å²) < 4.78 is 18.8. The number of unbranched alkanes of at least 4 members (excludes halogenated alkanes) is 4. The molecule has 0 aromatic carbocycles. The summed E-state index contributed by atoms with van der Waals surface area (Å²) in [5.74, 6) is 1.06. The van der Waals surface area contributed by atoms with Gasteiger partial charge in [0.15, 0.2) is 0 Å². The summed E-state index contributed by atoms with van der Waals surface area (Å²) in [6.07, 6.45) is 13.3. The average molecular weight is 946 g/mol. The molecule has 5 unspecified atom stereocenters. The number of carbonyl (C=O) groups is 6. The van der Waals surface area contributed by atoms with Gasteiger partial charge in [0, 0.05) is 67.9 Å². The van der Waals surface area contributed by atoms with Gasteiger partial charge in [-0.25, -0.2) is 4.79 Å². The maximum atomic E-state index is 13.4. The predicted octanol–water partition coefficient (Wildman–Crippen LogP) is 4.58. The van der Waals surface area contributed by atoms with Gasteiger partial charge in [-0.3, -0.25) is 24.0 Å². The van der Waals surface area contributed by atoms with Crippen molar-refractivity contribution in [3.8, 4) is 0 Å². The lowest BCUT2D eigenvalue weighted by atomic mass is 9.43. The molecule has 4 amide bonds. The summed E-state index contributed by atoms with van der Waals surface area (Å²) >= 11 is 1.90. The van der Waals surface area contributed by atoms with Crippen LogP contribution in [-0.4, -0.2) is 110 Å². The van der Waals surface area contributed by atoms with Crippen LogP contribution >= 0.6 is 11.8 Å². The van der Waals surface area contributed by atoms with Gasteiger partial charge >= 0.3 is 23.9 Å². The number of thioether (sulfide) groups is 1. The molecule has 10 N–H and O–H groups in total. The van der Waals surface area contributed by atoms with Crippen LogP contribution in [0.15, 0.2) is 0 Å². The van der Waals surface area contributed by atoms with Crippen molar-refractivity contribution in [2.24, 2.45) is 63.5 Å². The minimum Gasteiger partial charge on any atom is -0.462 e. The minimum atomic E-state index is -0.398. The molecule has 6 fully saturated rings. The summed E-state index contributed by atoms with van der Waals surface area (Å²) in [5, 5.41) is 12.6. The molecule has 0 aromatic rings. The zero-order valence-electron chi connectivity index (χ0n) is 40.1. The molecule has 0 bridgehead atoms. The van der Waals surface area contributed by atoms with Crippen molar-refractivity contribution in [1.29, 1.82) is 0 Å². The summed E-state index contributed by atoms with van der Waals surface area (Å²) in [6.45, 7) is 8.81. The number of amides is 4. The number of nitrogens with two attached hydrogens (primary N) is 3. The Balaban J connectivity index is 0.965. The normalized spacial score (nSPS) is 34.6. The fourth-order valence-electron chi connectivity index (χ4n) is 13.6. The number of nitrogens with one attached hydrogen (secondary N) is 4. The number of rotatable bonds is 25. The van der Waals surface area contributed by atoms with E-state index < -0.39 is 5.41 Å². The fraction of sp³-hybridized carbons (Fsp3) is 0.878. The Bertz CT molecular complexity index is 1680. The largest absolute Gasteiger partial charge is 0.462 e. The van der Waals surface area contributed by atoms with Gasteiger partial charge in [-0.05, 0) is 112 Å². The molecule has 4 saturated carbocycles. The van der Waals surface area contributed by atoms with Crippen molar-refractivity contribution in [1.82, 2.24) is 21.3 Å². The number of hydrogen-bond acceptors (Lipinski definition) is 13. The Morgan fingerprint density at radius 2 is 1.39 bits per heavy atom. The van der Waals surface area contributed by atoms with Crippen LogP contribution in [0.5, 0.6) is 0 Å². The molecule has 0 radical (unpaired) electrons. The Morgan fingerprint density at radius 3 is 2.08 bits per heavy atom. The van der Waals surface area contributed by atoms with Crippen molar-refractivity contribution < 1.29 is 43.0 Å². The summed E-state index contributed by atoms with van der Waals surface area (Å²) in [7, 11) is 0. The molecular formula is C49H83N7O9S. The maximum absolute atomic E-state index is 13.4. The monoisotopic (exact) mass is 946 g/mol. The van der Waals surface area contributed by atoms with Gasteiger partial charge in [-0.1, -0.05) is 40.0 Å². The molecule has 2 heterocycles. The molecule has 16 nitrogen and oxygen atoms in total. The summed E-state index contributed by atoms with van der Waals surface area (Å²) in [4.78, 5) is 76.2. The van der Waals surface area contributed by atoms with E-state index in [-0.39, 0.29) is 146 Å². The van der Waals surface area contributed by atoms with Crippen LogP contribution in [-0.2, 0) is 38.2 Å². The highest BCUT2D eigenvalue weighted by Crippen LogP contribution is 2.69. The number of fused-ring (bicyclic) bond motifs is 6. The van der Waals surface area contributed by atoms with E-state index in [1.807, 2.05) is 11.8 Å².